The molecule has 0 fully saturated rings. The maximum Gasteiger partial charge on any atom is 0.458 e. The van der Waals surface area contributed by atoms with E-state index in [4.69, 9.17) is 0 Å². The Morgan fingerprint density at radius 3 is 1.19 bits per heavy atom. The fraction of sp³-hybridized carbons (Fsp3) is 0.333. The Labute approximate surface area is 190 Å². The summed E-state index contributed by atoms with van der Waals surface area (Å²) in [6, 6.07) is 0. The van der Waals surface area contributed by atoms with E-state index >= 15 is 0 Å². The van der Waals surface area contributed by atoms with Crippen LogP contribution in [0.15, 0.2) is 0 Å². The largest absolute Gasteiger partial charge is 0.458 e. The van der Waals surface area contributed by atoms with E-state index in [9.17, 15) is 74.6 Å². The van der Waals surface area contributed by atoms with E-state index < -0.39 is 87.1 Å². The molecule has 0 bridgehead atoms. The molecule has 0 heterocycles. The predicted octanol–water partition coefficient (Wildman–Crippen LogP) is 8.75. The third kappa shape index (κ3) is 5.65. The monoisotopic (exact) mass is 578 g/mol. The van der Waals surface area contributed by atoms with Gasteiger partial charge < -0.3 is 0 Å². The van der Waals surface area contributed by atoms with Gasteiger partial charge in [-0.05, 0) is 6.16 Å². The van der Waals surface area contributed by atoms with Gasteiger partial charge in [0.2, 0.25) is 5.82 Å². The molecule has 0 aliphatic heterocycles. The minimum Gasteiger partial charge on any atom is -0.246 e. The number of hydrogen-bond acceptors (Lipinski definition) is 0. The molecule has 0 nitrogen and oxygen atoms in total. The van der Waals surface area contributed by atoms with E-state index in [0.29, 0.717) is 8.58 Å². The van der Waals surface area contributed by atoms with Crippen LogP contribution in [0.2, 0.25) is 0 Å². The molecule has 2 rings (SSSR count). The van der Waals surface area contributed by atoms with Gasteiger partial charge >= 0.3 is 18.3 Å². The van der Waals surface area contributed by atoms with Crippen LogP contribution in [0.25, 0.3) is 11.1 Å². The van der Waals surface area contributed by atoms with Crippen molar-refractivity contribution in [2.75, 3.05) is 12.6 Å². The summed E-state index contributed by atoms with van der Waals surface area (Å²) in [5, 5.41) is 0. The predicted molar refractivity (Wildman–Crippen MR) is 91.3 cm³/mol. The van der Waals surface area contributed by atoms with Crippen LogP contribution in [-0.2, 0) is 12.1 Å². The first-order valence-electron chi connectivity index (χ1n) is 8.71. The fourth-order valence-electron chi connectivity index (χ4n) is 2.53. The lowest BCUT2D eigenvalue weighted by molar-refractivity contribution is -0.290. The van der Waals surface area contributed by atoms with E-state index in [1.807, 2.05) is 6.92 Å². The van der Waals surface area contributed by atoms with Gasteiger partial charge in [-0.25, -0.2) is 39.5 Å². The van der Waals surface area contributed by atoms with E-state index in [-0.39, 0.29) is 6.42 Å². The van der Waals surface area contributed by atoms with Gasteiger partial charge in [-0.2, -0.15) is 35.1 Å². The summed E-state index contributed by atoms with van der Waals surface area (Å²) in [6.07, 6.45) is -12.8. The van der Waals surface area contributed by atoms with Gasteiger partial charge in [0.05, 0.1) is 11.1 Å². The van der Waals surface area contributed by atoms with Crippen molar-refractivity contribution in [3.8, 4) is 11.1 Å². The molecular formula is C18H8F17P. The molecule has 0 amide bonds. The quantitative estimate of drug-likeness (QED) is 0.147. The standard InChI is InChI=1S/C15F16.C3H8FP/c16-5-2(6(17)10(21)12(23)9(5)20)1-3(13(24,25)15(29,30)31)7(18)11(22)8(19)4(1)14(26,27)28;1-2-5-3-4/h;5H,2-3H2,1H3. The Hall–Kier alpha value is -2.32. The number of benzene rings is 2. The maximum atomic E-state index is 13.9. The Bertz CT molecular complexity index is 1090. The van der Waals surface area contributed by atoms with Crippen molar-refractivity contribution in [1.29, 1.82) is 0 Å². The smallest absolute Gasteiger partial charge is 0.246 e. The van der Waals surface area contributed by atoms with Crippen molar-refractivity contribution in [2.45, 2.75) is 25.2 Å². The second-order valence-corrected chi connectivity index (χ2v) is 7.79. The molecule has 204 valence electrons. The van der Waals surface area contributed by atoms with Crippen LogP contribution < -0.4 is 0 Å². The van der Waals surface area contributed by atoms with Gasteiger partial charge in [-0.15, -0.1) is 0 Å². The second-order valence-electron chi connectivity index (χ2n) is 6.32. The molecule has 0 N–H and O–H groups in total. The SMILES string of the molecule is CCPCF.Fc1c(F)c(F)c(-c2c(C(F)(F)F)c(F)c(F)c(F)c2C(F)(F)C(F)(F)F)c(F)c1F. The summed E-state index contributed by atoms with van der Waals surface area (Å²) in [7, 11) is 0.531. The third-order valence-electron chi connectivity index (χ3n) is 4.08. The first-order chi connectivity index (χ1) is 16.2. The van der Waals surface area contributed by atoms with Gasteiger partial charge in [0.15, 0.2) is 40.7 Å². The molecular weight excluding hydrogens is 570 g/mol. The molecule has 1 atom stereocenters. The molecule has 2 aromatic rings. The van der Waals surface area contributed by atoms with Crippen molar-refractivity contribution in [3.63, 3.8) is 0 Å². The first-order valence-corrected chi connectivity index (χ1v) is 10.1. The number of alkyl halides is 9. The minimum absolute atomic E-state index is 0.128. The minimum atomic E-state index is -7.10. The van der Waals surface area contributed by atoms with Gasteiger partial charge in [0, 0.05) is 5.56 Å². The average Bonchev–Trinajstić information content (AvgIpc) is 2.74. The Morgan fingerprint density at radius 1 is 0.528 bits per heavy atom. The Balaban J connectivity index is 0.00000118. The lowest BCUT2D eigenvalue weighted by Crippen LogP contribution is -2.36. The molecule has 0 aliphatic carbocycles. The van der Waals surface area contributed by atoms with Gasteiger partial charge in [-0.1, -0.05) is 15.5 Å². The molecule has 2 aromatic carbocycles. The van der Waals surface area contributed by atoms with E-state index in [1.165, 1.54) is 0 Å². The van der Waals surface area contributed by atoms with Crippen LogP contribution in [0.1, 0.15) is 18.1 Å². The second kappa shape index (κ2) is 11.0. The normalized spacial score (nSPS) is 12.8. The summed E-state index contributed by atoms with van der Waals surface area (Å²) in [5.41, 5.74) is -14.2. The summed E-state index contributed by atoms with van der Waals surface area (Å²) in [4.78, 5) is 0. The summed E-state index contributed by atoms with van der Waals surface area (Å²) in [5.74, 6) is -34.1. The zero-order valence-corrected chi connectivity index (χ0v) is 17.8. The van der Waals surface area contributed by atoms with Crippen LogP contribution in [0, 0.1) is 46.5 Å². The highest BCUT2D eigenvalue weighted by Crippen LogP contribution is 2.53. The van der Waals surface area contributed by atoms with Crippen LogP contribution >= 0.6 is 8.58 Å². The first kappa shape index (κ1) is 31.7. The maximum absolute atomic E-state index is 13.9. The Kier molecular flexibility index (Phi) is 9.66. The van der Waals surface area contributed by atoms with Crippen LogP contribution in [0.5, 0.6) is 0 Å². The highest BCUT2D eigenvalue weighted by molar-refractivity contribution is 7.37. The molecule has 0 radical (unpaired) electrons. The van der Waals surface area contributed by atoms with Gasteiger partial charge in [-0.3, -0.25) is 0 Å². The third-order valence-corrected chi connectivity index (χ3v) is 4.77. The van der Waals surface area contributed by atoms with Gasteiger partial charge in [0.1, 0.15) is 12.0 Å². The molecule has 0 aliphatic rings. The van der Waals surface area contributed by atoms with E-state index in [2.05, 4.69) is 0 Å². The van der Waals surface area contributed by atoms with Crippen molar-refractivity contribution >= 4 is 8.58 Å². The van der Waals surface area contributed by atoms with Crippen LogP contribution in [0.3, 0.4) is 0 Å². The van der Waals surface area contributed by atoms with Crippen molar-refractivity contribution in [1.82, 2.24) is 0 Å². The van der Waals surface area contributed by atoms with Crippen LogP contribution in [-0.4, -0.2) is 18.8 Å². The average molecular weight is 578 g/mol. The topological polar surface area (TPSA) is 0 Å². The number of rotatable bonds is 4. The molecule has 36 heavy (non-hydrogen) atoms. The lowest BCUT2D eigenvalue weighted by atomic mass is 9.88. The number of hydrogen-bond donors (Lipinski definition) is 0. The summed E-state index contributed by atoms with van der Waals surface area (Å²) < 4.78 is 225. The molecule has 0 aromatic heterocycles. The molecule has 0 saturated carbocycles. The van der Waals surface area contributed by atoms with Crippen LogP contribution in [0.4, 0.5) is 74.6 Å². The highest BCUT2D eigenvalue weighted by atomic mass is 31.1. The molecule has 1 unspecified atom stereocenters. The van der Waals surface area contributed by atoms with E-state index in [1.54, 1.807) is 0 Å². The number of halogens is 17. The highest BCUT2D eigenvalue weighted by Gasteiger charge is 2.63. The zero-order valence-electron chi connectivity index (χ0n) is 16.8. The van der Waals surface area contributed by atoms with Crippen molar-refractivity contribution < 1.29 is 74.6 Å². The fourth-order valence-corrected chi connectivity index (χ4v) is 2.72. The van der Waals surface area contributed by atoms with Crippen molar-refractivity contribution in [3.05, 3.63) is 57.7 Å². The molecule has 0 saturated heterocycles. The van der Waals surface area contributed by atoms with Gasteiger partial charge in [0.25, 0.3) is 0 Å². The molecule has 0 spiro atoms. The van der Waals surface area contributed by atoms with Crippen molar-refractivity contribution in [2.24, 2.45) is 0 Å². The summed E-state index contributed by atoms with van der Waals surface area (Å²) in [6.45, 7) is 1.98. The summed E-state index contributed by atoms with van der Waals surface area (Å²) >= 11 is 0. The molecule has 18 heteroatoms. The Morgan fingerprint density at radius 2 is 0.889 bits per heavy atom. The zero-order chi connectivity index (χ0) is 28.5. The van der Waals surface area contributed by atoms with E-state index in [0.717, 1.165) is 6.16 Å². The lowest BCUT2D eigenvalue weighted by Gasteiger charge is -2.26.